The molecule has 1 aromatic heterocycles. The Morgan fingerprint density at radius 3 is 2.12 bits per heavy atom. The van der Waals surface area contributed by atoms with Gasteiger partial charge in [0.15, 0.2) is 0 Å². The average molecular weight is 250 g/mol. The van der Waals surface area contributed by atoms with Gasteiger partial charge in [-0.15, -0.1) is 0 Å². The third-order valence-electron chi connectivity index (χ3n) is 5.13. The maximum Gasteiger partial charge on any atom is 0.218 e. The van der Waals surface area contributed by atoms with Gasteiger partial charge in [-0.05, 0) is 68.5 Å². The Kier molecular flexibility index (Phi) is 1.86. The van der Waals surface area contributed by atoms with E-state index < -0.39 is 0 Å². The summed E-state index contributed by atoms with van der Waals surface area (Å²) in [6, 6.07) is 0. The lowest BCUT2D eigenvalue weighted by Crippen LogP contribution is -2.52. The summed E-state index contributed by atoms with van der Waals surface area (Å²) in [5.74, 6) is 3.30. The maximum absolute atomic E-state index is 6.02. The number of hydrogen-bond donors (Lipinski definition) is 2. The van der Waals surface area contributed by atoms with Crippen molar-refractivity contribution in [2.24, 2.45) is 17.8 Å². The molecule has 0 amide bonds. The van der Waals surface area contributed by atoms with E-state index in [1.54, 1.807) is 0 Å². The highest BCUT2D eigenvalue weighted by atomic mass is 32.1. The normalized spacial score (nSPS) is 43.2. The van der Waals surface area contributed by atoms with Gasteiger partial charge in [0.2, 0.25) is 10.7 Å². The summed E-state index contributed by atoms with van der Waals surface area (Å²) in [7, 11) is 0. The number of nitrogens with two attached hydrogens (primary N) is 1. The Labute approximate surface area is 106 Å². The van der Waals surface area contributed by atoms with Gasteiger partial charge in [0.25, 0.3) is 0 Å². The largest absolute Gasteiger partial charge is 0.368 e. The highest BCUT2D eigenvalue weighted by molar-refractivity contribution is 7.71. The molecule has 4 bridgehead atoms. The van der Waals surface area contributed by atoms with E-state index in [1.807, 2.05) is 0 Å². The standard InChI is InChI=1S/C12H18N4S/c13-10-14-11(17)15-16(10)12-4-7-1-8(5-12)3-9(2-7)6-12/h7-9H,1-6H2,(H3,13,14,15,17). The first-order valence-corrected chi connectivity index (χ1v) is 7.00. The molecule has 4 aliphatic carbocycles. The first-order chi connectivity index (χ1) is 8.14. The minimum atomic E-state index is 0.211. The van der Waals surface area contributed by atoms with Crippen molar-refractivity contribution < 1.29 is 0 Å². The second-order valence-electron chi connectivity index (χ2n) is 6.36. The van der Waals surface area contributed by atoms with Crippen molar-refractivity contribution in [2.75, 3.05) is 5.73 Å². The van der Waals surface area contributed by atoms with Crippen LogP contribution in [0.15, 0.2) is 0 Å². The molecular weight excluding hydrogens is 232 g/mol. The topological polar surface area (TPSA) is 59.6 Å². The molecule has 0 aromatic carbocycles. The van der Waals surface area contributed by atoms with E-state index in [0.29, 0.717) is 10.7 Å². The summed E-state index contributed by atoms with van der Waals surface area (Å²) in [6.07, 6.45) is 8.12. The lowest BCUT2D eigenvalue weighted by Gasteiger charge is -2.56. The van der Waals surface area contributed by atoms with Gasteiger partial charge in [-0.25, -0.2) is 4.68 Å². The molecule has 5 heteroatoms. The molecule has 0 saturated heterocycles. The van der Waals surface area contributed by atoms with Crippen molar-refractivity contribution in [1.82, 2.24) is 14.8 Å². The van der Waals surface area contributed by atoms with Crippen molar-refractivity contribution in [3.63, 3.8) is 0 Å². The van der Waals surface area contributed by atoms with Crippen molar-refractivity contribution in [1.29, 1.82) is 0 Å². The van der Waals surface area contributed by atoms with Gasteiger partial charge >= 0.3 is 0 Å². The van der Waals surface area contributed by atoms with E-state index in [-0.39, 0.29) is 5.54 Å². The average Bonchev–Trinajstić information content (AvgIpc) is 2.56. The molecule has 0 atom stereocenters. The summed E-state index contributed by atoms with van der Waals surface area (Å²) in [4.78, 5) is 4.17. The molecule has 3 N–H and O–H groups in total. The van der Waals surface area contributed by atoms with E-state index >= 15 is 0 Å². The summed E-state index contributed by atoms with van der Waals surface area (Å²) in [5.41, 5.74) is 6.23. The molecule has 4 saturated carbocycles. The van der Waals surface area contributed by atoms with Crippen LogP contribution in [0.25, 0.3) is 0 Å². The van der Waals surface area contributed by atoms with E-state index in [4.69, 9.17) is 18.0 Å². The summed E-state index contributed by atoms with van der Waals surface area (Å²) in [6.45, 7) is 0. The lowest BCUT2D eigenvalue weighted by atomic mass is 9.53. The van der Waals surface area contributed by atoms with Crippen LogP contribution in [0, 0.1) is 22.5 Å². The molecule has 1 aromatic rings. The van der Waals surface area contributed by atoms with Gasteiger partial charge < -0.3 is 5.73 Å². The monoisotopic (exact) mass is 250 g/mol. The predicted molar refractivity (Wildman–Crippen MR) is 68.0 cm³/mol. The van der Waals surface area contributed by atoms with Crippen LogP contribution in [0.3, 0.4) is 0 Å². The highest BCUT2D eigenvalue weighted by Gasteiger charge is 2.52. The van der Waals surface area contributed by atoms with Crippen LogP contribution in [0.4, 0.5) is 5.95 Å². The fourth-order valence-corrected chi connectivity index (χ4v) is 5.22. The van der Waals surface area contributed by atoms with Gasteiger partial charge in [-0.1, -0.05) is 0 Å². The Morgan fingerprint density at radius 2 is 1.71 bits per heavy atom. The number of nitrogen functional groups attached to an aromatic ring is 1. The van der Waals surface area contributed by atoms with E-state index in [2.05, 4.69) is 14.8 Å². The molecule has 92 valence electrons. The van der Waals surface area contributed by atoms with Crippen molar-refractivity contribution >= 4 is 18.2 Å². The maximum atomic E-state index is 6.02. The van der Waals surface area contributed by atoms with E-state index in [9.17, 15) is 0 Å². The van der Waals surface area contributed by atoms with Crippen LogP contribution in [0.2, 0.25) is 0 Å². The SMILES string of the molecule is Nc1nc(=S)[nH]n1C12CC3CC(CC(C3)C1)C2. The zero-order chi connectivity index (χ0) is 11.6. The number of rotatable bonds is 1. The minimum absolute atomic E-state index is 0.211. The third kappa shape index (κ3) is 1.35. The minimum Gasteiger partial charge on any atom is -0.368 e. The van der Waals surface area contributed by atoms with E-state index in [1.165, 1.54) is 38.5 Å². The van der Waals surface area contributed by atoms with Crippen LogP contribution in [-0.2, 0) is 5.54 Å². The molecule has 0 spiro atoms. The van der Waals surface area contributed by atoms with Crippen LogP contribution in [-0.4, -0.2) is 14.8 Å². The summed E-state index contributed by atoms with van der Waals surface area (Å²) >= 11 is 5.11. The lowest BCUT2D eigenvalue weighted by molar-refractivity contribution is -0.0483. The van der Waals surface area contributed by atoms with Crippen molar-refractivity contribution in [2.45, 2.75) is 44.1 Å². The Hall–Kier alpha value is -0.840. The highest BCUT2D eigenvalue weighted by Crippen LogP contribution is 2.58. The van der Waals surface area contributed by atoms with Crippen LogP contribution in [0.5, 0.6) is 0 Å². The molecule has 17 heavy (non-hydrogen) atoms. The molecular formula is C12H18N4S. The van der Waals surface area contributed by atoms with E-state index in [0.717, 1.165) is 17.8 Å². The number of hydrogen-bond acceptors (Lipinski definition) is 3. The fraction of sp³-hybridized carbons (Fsp3) is 0.833. The molecule has 0 radical (unpaired) electrons. The third-order valence-corrected chi connectivity index (χ3v) is 5.32. The van der Waals surface area contributed by atoms with Gasteiger partial charge in [0.05, 0.1) is 5.54 Å². The number of aromatic nitrogens is 3. The van der Waals surface area contributed by atoms with Crippen LogP contribution in [0.1, 0.15) is 38.5 Å². The van der Waals surface area contributed by atoms with Crippen LogP contribution < -0.4 is 5.73 Å². The van der Waals surface area contributed by atoms with Crippen LogP contribution >= 0.6 is 12.2 Å². The van der Waals surface area contributed by atoms with Crippen molar-refractivity contribution in [3.8, 4) is 0 Å². The predicted octanol–water partition coefficient (Wildman–Crippen LogP) is 2.45. The number of anilines is 1. The number of nitrogens with zero attached hydrogens (tertiary/aromatic N) is 2. The zero-order valence-electron chi connectivity index (χ0n) is 9.85. The fourth-order valence-electron chi connectivity index (χ4n) is 5.03. The van der Waals surface area contributed by atoms with Gasteiger partial charge in [0.1, 0.15) is 0 Å². The molecule has 0 aliphatic heterocycles. The molecule has 0 unspecified atom stereocenters. The molecule has 4 aliphatic rings. The quantitative estimate of drug-likeness (QED) is 0.753. The first-order valence-electron chi connectivity index (χ1n) is 6.60. The molecule has 4 fully saturated rings. The second-order valence-corrected chi connectivity index (χ2v) is 6.75. The molecule has 4 nitrogen and oxygen atoms in total. The first kappa shape index (κ1) is 10.1. The molecule has 1 heterocycles. The summed E-state index contributed by atoms with van der Waals surface area (Å²) in [5, 5.41) is 3.20. The Balaban J connectivity index is 1.82. The van der Waals surface area contributed by atoms with Crippen molar-refractivity contribution in [3.05, 3.63) is 4.77 Å². The number of aromatic amines is 1. The van der Waals surface area contributed by atoms with Gasteiger partial charge in [0, 0.05) is 0 Å². The Bertz CT molecular complexity index is 480. The number of H-pyrrole nitrogens is 1. The molecule has 5 rings (SSSR count). The Morgan fingerprint density at radius 1 is 1.18 bits per heavy atom. The second kappa shape index (κ2) is 3.13. The van der Waals surface area contributed by atoms with Gasteiger partial charge in [-0.3, -0.25) is 5.10 Å². The summed E-state index contributed by atoms with van der Waals surface area (Å²) < 4.78 is 2.62. The van der Waals surface area contributed by atoms with Gasteiger partial charge in [-0.2, -0.15) is 4.98 Å². The number of nitrogens with one attached hydrogen (secondary N) is 1. The zero-order valence-corrected chi connectivity index (χ0v) is 10.7. The smallest absolute Gasteiger partial charge is 0.218 e.